The Morgan fingerprint density at radius 1 is 1.75 bits per heavy atom. The highest BCUT2D eigenvalue weighted by Gasteiger charge is 1.18. The first kappa shape index (κ1) is 8.85. The summed E-state index contributed by atoms with van der Waals surface area (Å²) >= 11 is 4.76. The quantitative estimate of drug-likeness (QED) is 0.341. The number of hydrogen-bond donors (Lipinski definition) is 0. The van der Waals surface area contributed by atoms with E-state index in [1.54, 1.807) is 0 Å². The lowest BCUT2D eigenvalue weighted by Crippen LogP contribution is -3.00. The molecule has 0 aliphatic rings. The van der Waals surface area contributed by atoms with Crippen molar-refractivity contribution in [2.75, 3.05) is 0 Å². The van der Waals surface area contributed by atoms with Crippen molar-refractivity contribution in [2.24, 2.45) is 0 Å². The molecule has 4 heavy (non-hydrogen) atoms. The molecule has 0 N–H and O–H groups in total. The molecule has 2 heteroatoms. The first-order chi connectivity index (χ1) is 1.41. The standard InChI is InChI=1S/C2H3Cl.ClH/c1-2-3;/h2H,1H2;1H/p-1. The zero-order chi connectivity index (χ0) is 2.71. The first-order valence-electron chi connectivity index (χ1n) is 0.626. The van der Waals surface area contributed by atoms with Crippen LogP contribution in [0.2, 0.25) is 0 Å². The predicted octanol–water partition coefficient (Wildman–Crippen LogP) is -1.63. The summed E-state index contributed by atoms with van der Waals surface area (Å²) in [6, 6.07) is 0. The van der Waals surface area contributed by atoms with Gasteiger partial charge in [-0.05, 0) is 5.54 Å². The number of halogens is 2. The van der Waals surface area contributed by atoms with Crippen molar-refractivity contribution < 1.29 is 12.4 Å². The largest absolute Gasteiger partial charge is 1.00 e. The summed E-state index contributed by atoms with van der Waals surface area (Å²) in [5.74, 6) is 0. The van der Waals surface area contributed by atoms with Gasteiger partial charge in [0.25, 0.3) is 0 Å². The smallest absolute Gasteiger partial charge is 0.00296 e. The Bertz CT molecular complexity index is 11.5. The summed E-state index contributed by atoms with van der Waals surface area (Å²) in [7, 11) is 0. The molecule has 0 saturated carbocycles. The van der Waals surface area contributed by atoms with Crippen molar-refractivity contribution in [1.82, 2.24) is 0 Å². The van der Waals surface area contributed by atoms with Crippen LogP contribution in [0.5, 0.6) is 0 Å². The summed E-state index contributed by atoms with van der Waals surface area (Å²) in [6.45, 7) is 3.13. The van der Waals surface area contributed by atoms with E-state index in [2.05, 4.69) is 6.58 Å². The molecular weight excluding hydrogens is 94.9 g/mol. The molecule has 0 aliphatic carbocycles. The highest BCUT2D eigenvalue weighted by molar-refractivity contribution is 6.25. The molecule has 0 atom stereocenters. The molecule has 0 unspecified atom stereocenters. The second-order valence-electron chi connectivity index (χ2n) is 0.154. The molecule has 0 aromatic carbocycles. The molecule has 0 aliphatic heterocycles. The van der Waals surface area contributed by atoms with Gasteiger partial charge in [-0.25, -0.2) is 0 Å². The van der Waals surface area contributed by atoms with E-state index in [0.717, 1.165) is 0 Å². The maximum atomic E-state index is 4.76. The average Bonchev–Trinajstić information content (AvgIpc) is 0.918. The SMILES string of the molecule is C=CCl.[Cl-]. The zero-order valence-corrected chi connectivity index (χ0v) is 3.55. The van der Waals surface area contributed by atoms with Gasteiger partial charge in [0, 0.05) is 0 Å². The van der Waals surface area contributed by atoms with Crippen LogP contribution in [0.15, 0.2) is 12.1 Å². The fraction of sp³-hybridized carbons (Fsp3) is 0. The Morgan fingerprint density at radius 2 is 1.75 bits per heavy atom. The molecule has 0 amide bonds. The van der Waals surface area contributed by atoms with E-state index in [1.165, 1.54) is 5.54 Å². The summed E-state index contributed by atoms with van der Waals surface area (Å²) < 4.78 is 0. The minimum atomic E-state index is 0. The number of hydrogen-bond acceptors (Lipinski definition) is 0. The molecule has 0 aromatic heterocycles. The molecule has 0 nitrogen and oxygen atoms in total. The van der Waals surface area contributed by atoms with Gasteiger partial charge >= 0.3 is 0 Å². The van der Waals surface area contributed by atoms with Gasteiger partial charge in [0.15, 0.2) is 0 Å². The van der Waals surface area contributed by atoms with Crippen LogP contribution >= 0.6 is 11.6 Å². The Hall–Kier alpha value is 0.320. The molecule has 0 saturated heterocycles. The highest BCUT2D eigenvalue weighted by atomic mass is 35.5. The van der Waals surface area contributed by atoms with Crippen molar-refractivity contribution in [3.8, 4) is 0 Å². The van der Waals surface area contributed by atoms with Gasteiger partial charge in [-0.15, -0.1) is 0 Å². The monoisotopic (exact) mass is 97.0 g/mol. The van der Waals surface area contributed by atoms with Gasteiger partial charge in [-0.3, -0.25) is 0 Å². The minimum absolute atomic E-state index is 0. The van der Waals surface area contributed by atoms with Gasteiger partial charge in [0.1, 0.15) is 0 Å². The van der Waals surface area contributed by atoms with E-state index in [0.29, 0.717) is 0 Å². The Labute approximate surface area is 36.9 Å². The maximum absolute atomic E-state index is 4.76. The van der Waals surface area contributed by atoms with Crippen LogP contribution < -0.4 is 12.4 Å². The van der Waals surface area contributed by atoms with Crippen LogP contribution in [-0.4, -0.2) is 0 Å². The average molecular weight is 98.0 g/mol. The van der Waals surface area contributed by atoms with Crippen LogP contribution in [0.1, 0.15) is 0 Å². The van der Waals surface area contributed by atoms with E-state index in [-0.39, 0.29) is 12.4 Å². The molecule has 0 heterocycles. The number of rotatable bonds is 0. The van der Waals surface area contributed by atoms with Crippen LogP contribution in [0.3, 0.4) is 0 Å². The molecular formula is C2H3Cl2-. The molecule has 0 radical (unpaired) electrons. The third-order valence-corrected chi connectivity index (χ3v) is 0. The van der Waals surface area contributed by atoms with Crippen molar-refractivity contribution in [2.45, 2.75) is 0 Å². The maximum Gasteiger partial charge on any atom is -0.00296 e. The lowest BCUT2D eigenvalue weighted by atomic mass is 11.3. The lowest BCUT2D eigenvalue weighted by Gasteiger charge is -1.27. The predicted molar refractivity (Wildman–Crippen MR) is 16.1 cm³/mol. The van der Waals surface area contributed by atoms with E-state index in [1.807, 2.05) is 0 Å². The molecule has 0 fully saturated rings. The third-order valence-electron chi connectivity index (χ3n) is 0. The van der Waals surface area contributed by atoms with E-state index < -0.39 is 0 Å². The Kier molecular flexibility index (Phi) is 22.7. The van der Waals surface area contributed by atoms with E-state index in [9.17, 15) is 0 Å². The topological polar surface area (TPSA) is 0 Å². The first-order valence-corrected chi connectivity index (χ1v) is 1.06. The summed E-state index contributed by atoms with van der Waals surface area (Å²) in [5, 5.41) is 0. The summed E-state index contributed by atoms with van der Waals surface area (Å²) in [6.07, 6.45) is 0. The van der Waals surface area contributed by atoms with Crippen LogP contribution in [0, 0.1) is 0 Å². The fourth-order valence-electron chi connectivity index (χ4n) is 0. The molecule has 0 rings (SSSR count). The van der Waals surface area contributed by atoms with Crippen molar-refractivity contribution >= 4 is 11.6 Å². The second-order valence-corrected chi connectivity index (χ2v) is 0.463. The second kappa shape index (κ2) is 10.3. The molecule has 0 bridgehead atoms. The molecule has 0 aromatic rings. The minimum Gasteiger partial charge on any atom is -1.00 e. The van der Waals surface area contributed by atoms with Gasteiger partial charge in [-0.2, -0.15) is 0 Å². The van der Waals surface area contributed by atoms with E-state index >= 15 is 0 Å². The molecule has 0 spiro atoms. The van der Waals surface area contributed by atoms with Gasteiger partial charge in [0.05, 0.1) is 0 Å². The van der Waals surface area contributed by atoms with Crippen LogP contribution in [-0.2, 0) is 0 Å². The summed E-state index contributed by atoms with van der Waals surface area (Å²) in [5.41, 5.74) is 1.22. The molecule has 26 valence electrons. The zero-order valence-electron chi connectivity index (χ0n) is 2.04. The van der Waals surface area contributed by atoms with Crippen LogP contribution in [0.25, 0.3) is 0 Å². The van der Waals surface area contributed by atoms with Crippen LogP contribution in [0.4, 0.5) is 0 Å². The van der Waals surface area contributed by atoms with Gasteiger partial charge in [0.2, 0.25) is 0 Å². The van der Waals surface area contributed by atoms with Gasteiger partial charge in [-0.1, -0.05) is 18.2 Å². The van der Waals surface area contributed by atoms with Crippen molar-refractivity contribution in [1.29, 1.82) is 0 Å². The van der Waals surface area contributed by atoms with Gasteiger partial charge < -0.3 is 12.4 Å². The lowest BCUT2D eigenvalue weighted by molar-refractivity contribution is -0.000000579. The normalized spacial score (nSPS) is 3.25. The Balaban J connectivity index is 0. The third kappa shape index (κ3) is 39.5. The van der Waals surface area contributed by atoms with Crippen molar-refractivity contribution in [3.63, 3.8) is 0 Å². The highest BCUT2D eigenvalue weighted by Crippen LogP contribution is 1.60. The Morgan fingerprint density at radius 3 is 1.75 bits per heavy atom. The fourth-order valence-corrected chi connectivity index (χ4v) is 0. The van der Waals surface area contributed by atoms with E-state index in [4.69, 9.17) is 11.6 Å². The van der Waals surface area contributed by atoms with Crippen molar-refractivity contribution in [3.05, 3.63) is 12.1 Å². The summed E-state index contributed by atoms with van der Waals surface area (Å²) in [4.78, 5) is 0.